The third-order valence-electron chi connectivity index (χ3n) is 9.44. The molecule has 18 nitrogen and oxygen atoms in total. The number of aromatic amines is 2. The summed E-state index contributed by atoms with van der Waals surface area (Å²) >= 11 is 2.92. The Labute approximate surface area is 312 Å². The predicted molar refractivity (Wildman–Crippen MR) is 192 cm³/mol. The number of primary amides is 1. The Bertz CT molecular complexity index is 1930. The van der Waals surface area contributed by atoms with Gasteiger partial charge >= 0.3 is 12.2 Å². The summed E-state index contributed by atoms with van der Waals surface area (Å²) in [5.74, 6) is 0.560. The summed E-state index contributed by atoms with van der Waals surface area (Å²) in [7, 11) is 4.16. The highest BCUT2D eigenvalue weighted by atomic mass is 32.1. The Hall–Kier alpha value is -4.92. The van der Waals surface area contributed by atoms with Gasteiger partial charge in [0.1, 0.15) is 45.2 Å². The summed E-state index contributed by atoms with van der Waals surface area (Å²) in [4.78, 5) is 81.0. The molecular weight excluding hydrogens is 729 g/mol. The molecule has 6 heterocycles. The normalized spacial score (nSPS) is 19.5. The molecule has 20 heteroatoms. The van der Waals surface area contributed by atoms with E-state index in [0.717, 1.165) is 22.6 Å². The quantitative estimate of drug-likeness (QED) is 0.153. The summed E-state index contributed by atoms with van der Waals surface area (Å²) in [5.41, 5.74) is 6.51. The number of nitrogens with zero attached hydrogens (tertiary/aromatic N) is 6. The molecular formula is C33H42N10O8S2. The molecule has 1 unspecified atom stereocenters. The summed E-state index contributed by atoms with van der Waals surface area (Å²) in [6, 6.07) is -1.57. The molecule has 6 rings (SSSR count). The fraction of sp³-hybridized carbons (Fsp3) is 0.515. The minimum absolute atomic E-state index is 0.277. The van der Waals surface area contributed by atoms with Gasteiger partial charge in [-0.25, -0.2) is 29.5 Å². The third kappa shape index (κ3) is 8.04. The maximum Gasteiger partial charge on any atom is 0.407 e. The van der Waals surface area contributed by atoms with Gasteiger partial charge in [0.05, 0.1) is 35.1 Å². The number of imidazole rings is 2. The van der Waals surface area contributed by atoms with Crippen LogP contribution in [0.15, 0.2) is 24.8 Å². The number of amides is 4. The van der Waals surface area contributed by atoms with Gasteiger partial charge < -0.3 is 49.8 Å². The summed E-state index contributed by atoms with van der Waals surface area (Å²) in [6.45, 7) is 4.34. The van der Waals surface area contributed by atoms with Gasteiger partial charge in [-0.05, 0) is 39.5 Å². The van der Waals surface area contributed by atoms with Crippen LogP contribution in [-0.4, -0.2) is 122 Å². The lowest BCUT2D eigenvalue weighted by atomic mass is 10.1. The highest BCUT2D eigenvalue weighted by Crippen LogP contribution is 2.39. The fourth-order valence-electron chi connectivity index (χ4n) is 6.52. The van der Waals surface area contributed by atoms with Crippen molar-refractivity contribution < 1.29 is 38.1 Å². The lowest BCUT2D eigenvalue weighted by Crippen LogP contribution is -2.54. The van der Waals surface area contributed by atoms with Crippen molar-refractivity contribution in [2.24, 2.45) is 5.73 Å². The monoisotopic (exact) mass is 770 g/mol. The Balaban J connectivity index is 1.14. The number of hydrogen-bond acceptors (Lipinski definition) is 14. The molecule has 2 aliphatic heterocycles. The average molecular weight is 771 g/mol. The molecule has 4 amide bonds. The third-order valence-corrected chi connectivity index (χ3v) is 11.7. The van der Waals surface area contributed by atoms with Crippen molar-refractivity contribution in [2.45, 2.75) is 76.0 Å². The summed E-state index contributed by atoms with van der Waals surface area (Å²) < 4.78 is 20.5. The Morgan fingerprint density at radius 3 is 1.81 bits per heavy atom. The van der Waals surface area contributed by atoms with E-state index in [9.17, 15) is 19.2 Å². The Morgan fingerprint density at radius 2 is 1.34 bits per heavy atom. The van der Waals surface area contributed by atoms with E-state index < -0.39 is 42.4 Å². The van der Waals surface area contributed by atoms with Gasteiger partial charge in [0.15, 0.2) is 0 Å². The minimum atomic E-state index is -1.17. The van der Waals surface area contributed by atoms with Crippen LogP contribution in [0.4, 0.5) is 9.59 Å². The summed E-state index contributed by atoms with van der Waals surface area (Å²) in [5, 5.41) is 3.98. The zero-order valence-electron chi connectivity index (χ0n) is 29.9. The van der Waals surface area contributed by atoms with Crippen molar-refractivity contribution in [1.82, 2.24) is 45.0 Å². The van der Waals surface area contributed by atoms with Crippen molar-refractivity contribution in [2.75, 3.05) is 34.4 Å². The number of carbonyl (C=O) groups is 4. The highest BCUT2D eigenvalue weighted by molar-refractivity contribution is 7.24. The molecule has 4 aromatic rings. The predicted octanol–water partition coefficient (Wildman–Crippen LogP) is 3.63. The van der Waals surface area contributed by atoms with Gasteiger partial charge in [-0.2, -0.15) is 0 Å². The topological polar surface area (TPSA) is 233 Å². The second kappa shape index (κ2) is 16.4. The number of methoxy groups -OCH3 is 3. The number of likely N-dealkylation sites (tertiary alicyclic amines) is 2. The molecule has 0 aliphatic carbocycles. The van der Waals surface area contributed by atoms with E-state index in [-0.39, 0.29) is 18.0 Å². The molecule has 4 aromatic heterocycles. The van der Waals surface area contributed by atoms with Crippen LogP contribution in [0, 0.1) is 0 Å². The Kier molecular flexibility index (Phi) is 11.7. The van der Waals surface area contributed by atoms with Gasteiger partial charge in [-0.1, -0.05) is 0 Å². The summed E-state index contributed by atoms with van der Waals surface area (Å²) in [6.07, 6.45) is 5.81. The van der Waals surface area contributed by atoms with Crippen molar-refractivity contribution in [3.63, 3.8) is 0 Å². The first-order valence-corrected chi connectivity index (χ1v) is 18.7. The van der Waals surface area contributed by atoms with Gasteiger partial charge in [-0.3, -0.25) is 9.59 Å². The van der Waals surface area contributed by atoms with Crippen molar-refractivity contribution in [3.05, 3.63) is 36.4 Å². The first-order valence-electron chi connectivity index (χ1n) is 17.0. The fourth-order valence-corrected chi connectivity index (χ4v) is 8.33. The van der Waals surface area contributed by atoms with Gasteiger partial charge in [0.25, 0.3) is 5.91 Å². The number of carbonyl (C=O) groups excluding carboxylic acids is 4. The van der Waals surface area contributed by atoms with Gasteiger partial charge in [-0.15, -0.1) is 22.7 Å². The van der Waals surface area contributed by atoms with E-state index in [1.54, 1.807) is 48.4 Å². The van der Waals surface area contributed by atoms with E-state index >= 15 is 0 Å². The van der Waals surface area contributed by atoms with Crippen molar-refractivity contribution in [3.8, 4) is 31.2 Å². The van der Waals surface area contributed by atoms with Crippen LogP contribution >= 0.6 is 22.7 Å². The molecule has 0 bridgehead atoms. The first-order chi connectivity index (χ1) is 25.5. The zero-order chi connectivity index (χ0) is 37.8. The number of alkyl carbamates (subject to hydrolysis) is 1. The van der Waals surface area contributed by atoms with Crippen LogP contribution in [-0.2, 0) is 28.5 Å². The number of hydrogen-bond donors (Lipinski definition) is 4. The zero-order valence-corrected chi connectivity index (χ0v) is 31.5. The molecule has 2 fully saturated rings. The van der Waals surface area contributed by atoms with Crippen LogP contribution in [0.25, 0.3) is 31.2 Å². The lowest BCUT2D eigenvalue weighted by molar-refractivity contribution is -0.148. The maximum absolute atomic E-state index is 13.6. The van der Waals surface area contributed by atoms with Crippen LogP contribution in [0.5, 0.6) is 0 Å². The Morgan fingerprint density at radius 1 is 0.830 bits per heavy atom. The molecule has 6 atom stereocenters. The van der Waals surface area contributed by atoms with Gasteiger partial charge in [0, 0.05) is 52.1 Å². The molecule has 284 valence electrons. The molecule has 53 heavy (non-hydrogen) atoms. The largest absolute Gasteiger partial charge is 0.453 e. The van der Waals surface area contributed by atoms with Crippen molar-refractivity contribution in [1.29, 1.82) is 0 Å². The van der Waals surface area contributed by atoms with E-state index in [2.05, 4.69) is 25.3 Å². The second-order valence-electron chi connectivity index (χ2n) is 12.6. The number of ether oxygens (including phenoxy) is 4. The van der Waals surface area contributed by atoms with Gasteiger partial charge in [0.2, 0.25) is 12.0 Å². The molecule has 0 radical (unpaired) electrons. The molecule has 0 spiro atoms. The van der Waals surface area contributed by atoms with Crippen molar-refractivity contribution >= 4 is 46.7 Å². The van der Waals surface area contributed by atoms with Crippen LogP contribution < -0.4 is 11.1 Å². The number of thiazole rings is 2. The molecule has 0 aromatic carbocycles. The lowest BCUT2D eigenvalue weighted by Gasteiger charge is -2.30. The number of rotatable bonds is 13. The number of nitrogens with two attached hydrogens (primary N) is 1. The highest BCUT2D eigenvalue weighted by Gasteiger charge is 2.41. The van der Waals surface area contributed by atoms with E-state index in [0.29, 0.717) is 59.0 Å². The standard InChI is InChI=1S/C33H42N10O8S2/c1-16(48-3)24(41-33(47)50-5)30(44)42-10-6-8-20(42)26-35-12-18(39-26)28-37-14-22(52-28)23-15-38-29(53-23)19-13-36-27(40-19)21-9-7-11-43(21)31(45)25(17(2)49-4)51-32(34)46/h12-17,20-21,24-25H,6-11H2,1-5H3,(H2,34,46)(H,35,39)(H,36,40)(H,41,47)/t16?,17-,20+,21+,24+,25+/m1/s1. The van der Waals surface area contributed by atoms with Crippen LogP contribution in [0.3, 0.4) is 0 Å². The molecule has 2 aliphatic rings. The number of aromatic nitrogens is 6. The van der Waals surface area contributed by atoms with Crippen LogP contribution in [0.2, 0.25) is 0 Å². The second-order valence-corrected chi connectivity index (χ2v) is 14.7. The SMILES string of the molecule is COC(=O)N[C@H](C(=O)N1CCC[C@H]1c1nc(-c2ncc(-c3cnc(-c4c[nH]c([C@@H]5CCCN5C(=O)[C@@H](OC(N)=O)[C@@H](C)OC)n4)s3)s2)c[nH]1)C(C)OC. The smallest absolute Gasteiger partial charge is 0.407 e. The average Bonchev–Trinajstić information content (AvgIpc) is 3.99. The first kappa shape index (κ1) is 37.8. The number of H-pyrrole nitrogens is 2. The van der Waals surface area contributed by atoms with E-state index in [1.807, 2.05) is 0 Å². The molecule has 0 saturated carbocycles. The van der Waals surface area contributed by atoms with Crippen LogP contribution in [0.1, 0.15) is 63.3 Å². The minimum Gasteiger partial charge on any atom is -0.453 e. The molecule has 2 saturated heterocycles. The van der Waals surface area contributed by atoms with E-state index in [4.69, 9.17) is 34.6 Å². The molecule has 5 N–H and O–H groups in total. The van der Waals surface area contributed by atoms with E-state index in [1.165, 1.54) is 44.0 Å². The maximum atomic E-state index is 13.6. The number of nitrogens with one attached hydrogen (secondary N) is 3.